The van der Waals surface area contributed by atoms with Crippen LogP contribution >= 0.6 is 0 Å². The number of nitrogens with zero attached hydrogens (tertiary/aromatic N) is 1. The lowest BCUT2D eigenvalue weighted by molar-refractivity contribution is 0.102. The van der Waals surface area contributed by atoms with Crippen LogP contribution in [0.4, 0.5) is 14.6 Å². The molecule has 1 aromatic heterocycles. The van der Waals surface area contributed by atoms with Gasteiger partial charge in [0.25, 0.3) is 5.91 Å². The second-order valence-electron chi connectivity index (χ2n) is 5.40. The third-order valence-electron chi connectivity index (χ3n) is 2.66. The highest BCUT2D eigenvalue weighted by molar-refractivity contribution is 6.03. The van der Waals surface area contributed by atoms with Crippen LogP contribution in [0.15, 0.2) is 28.8 Å². The molecule has 0 atom stereocenters. The molecule has 0 bridgehead atoms. The van der Waals surface area contributed by atoms with Gasteiger partial charge in [0, 0.05) is 11.5 Å². The minimum absolute atomic E-state index is 0.156. The van der Waals surface area contributed by atoms with Gasteiger partial charge in [-0.1, -0.05) is 25.9 Å². The van der Waals surface area contributed by atoms with Gasteiger partial charge >= 0.3 is 0 Å². The molecule has 0 fully saturated rings. The predicted molar refractivity (Wildman–Crippen MR) is 69.5 cm³/mol. The molecule has 1 heterocycles. The maximum atomic E-state index is 13.4. The van der Waals surface area contributed by atoms with Crippen molar-refractivity contribution in [2.75, 3.05) is 5.32 Å². The smallest absolute Gasteiger partial charge is 0.259 e. The van der Waals surface area contributed by atoms with E-state index < -0.39 is 17.5 Å². The molecule has 1 N–H and O–H groups in total. The number of carbonyl (C=O) groups is 1. The molecule has 0 saturated heterocycles. The van der Waals surface area contributed by atoms with Crippen molar-refractivity contribution in [3.05, 3.63) is 47.2 Å². The zero-order valence-electron chi connectivity index (χ0n) is 11.3. The summed E-state index contributed by atoms with van der Waals surface area (Å²) in [6.07, 6.45) is 0. The Morgan fingerprint density at radius 2 is 1.95 bits per heavy atom. The third kappa shape index (κ3) is 3.01. The Kier molecular flexibility index (Phi) is 3.57. The van der Waals surface area contributed by atoms with Crippen molar-refractivity contribution in [1.29, 1.82) is 0 Å². The van der Waals surface area contributed by atoms with Crippen molar-refractivity contribution >= 4 is 11.7 Å². The van der Waals surface area contributed by atoms with Gasteiger partial charge in [0.1, 0.15) is 17.4 Å². The number of carbonyl (C=O) groups excluding carboxylic acids is 1. The molecule has 20 heavy (non-hydrogen) atoms. The van der Waals surface area contributed by atoms with Gasteiger partial charge in [0.05, 0.1) is 5.56 Å². The van der Waals surface area contributed by atoms with Gasteiger partial charge in [-0.2, -0.15) is 0 Å². The van der Waals surface area contributed by atoms with Crippen molar-refractivity contribution < 1.29 is 18.1 Å². The van der Waals surface area contributed by atoms with E-state index in [4.69, 9.17) is 4.52 Å². The van der Waals surface area contributed by atoms with E-state index in [0.717, 1.165) is 18.2 Å². The van der Waals surface area contributed by atoms with Crippen LogP contribution in [0.3, 0.4) is 0 Å². The van der Waals surface area contributed by atoms with Crippen LogP contribution in [0.25, 0.3) is 0 Å². The first-order chi connectivity index (χ1) is 9.27. The molecular weight excluding hydrogens is 266 g/mol. The molecule has 6 heteroatoms. The number of amides is 1. The van der Waals surface area contributed by atoms with Crippen LogP contribution in [0, 0.1) is 11.6 Å². The molecule has 0 spiro atoms. The summed E-state index contributed by atoms with van der Waals surface area (Å²) in [5.74, 6) is -1.54. The molecule has 2 rings (SSSR count). The largest absolute Gasteiger partial charge is 0.359 e. The van der Waals surface area contributed by atoms with Crippen LogP contribution < -0.4 is 5.32 Å². The lowest BCUT2D eigenvalue weighted by Gasteiger charge is -2.12. The van der Waals surface area contributed by atoms with E-state index in [-0.39, 0.29) is 16.8 Å². The molecular formula is C14H14F2N2O2. The van der Waals surface area contributed by atoms with E-state index in [1.807, 2.05) is 20.8 Å². The molecule has 0 aliphatic rings. The van der Waals surface area contributed by atoms with Gasteiger partial charge in [-0.05, 0) is 18.2 Å². The van der Waals surface area contributed by atoms with Crippen LogP contribution in [-0.4, -0.2) is 11.1 Å². The van der Waals surface area contributed by atoms with Gasteiger partial charge in [0.15, 0.2) is 5.82 Å². The highest BCUT2D eigenvalue weighted by Crippen LogP contribution is 2.24. The summed E-state index contributed by atoms with van der Waals surface area (Å²) in [5.41, 5.74) is -0.648. The van der Waals surface area contributed by atoms with Crippen LogP contribution in [0.2, 0.25) is 0 Å². The van der Waals surface area contributed by atoms with Crippen LogP contribution in [-0.2, 0) is 5.41 Å². The van der Waals surface area contributed by atoms with Gasteiger partial charge in [-0.25, -0.2) is 8.78 Å². The number of hydrogen-bond donors (Lipinski definition) is 1. The van der Waals surface area contributed by atoms with E-state index in [0.29, 0.717) is 5.76 Å². The van der Waals surface area contributed by atoms with Crippen molar-refractivity contribution in [3.8, 4) is 0 Å². The first-order valence-corrected chi connectivity index (χ1v) is 6.01. The first-order valence-electron chi connectivity index (χ1n) is 6.01. The van der Waals surface area contributed by atoms with E-state index in [2.05, 4.69) is 10.5 Å². The molecule has 0 radical (unpaired) electrons. The lowest BCUT2D eigenvalue weighted by atomic mass is 9.93. The number of halogens is 2. The molecule has 0 aliphatic carbocycles. The summed E-state index contributed by atoms with van der Waals surface area (Å²) in [5, 5.41) is 6.05. The van der Waals surface area contributed by atoms with Gasteiger partial charge < -0.3 is 9.84 Å². The Bertz CT molecular complexity index is 645. The number of hydrogen-bond acceptors (Lipinski definition) is 3. The number of rotatable bonds is 2. The molecule has 0 saturated carbocycles. The quantitative estimate of drug-likeness (QED) is 0.916. The SMILES string of the molecule is CC(C)(C)c1cc(NC(=O)c2cc(F)ccc2F)no1. The van der Waals surface area contributed by atoms with E-state index in [9.17, 15) is 13.6 Å². The van der Waals surface area contributed by atoms with Gasteiger partial charge in [0.2, 0.25) is 0 Å². The summed E-state index contributed by atoms with van der Waals surface area (Å²) < 4.78 is 31.6. The van der Waals surface area contributed by atoms with Gasteiger partial charge in [-0.3, -0.25) is 4.79 Å². The fraction of sp³-hybridized carbons (Fsp3) is 0.286. The Labute approximate surface area is 114 Å². The zero-order chi connectivity index (χ0) is 14.9. The Balaban J connectivity index is 2.20. The Morgan fingerprint density at radius 1 is 1.25 bits per heavy atom. The zero-order valence-corrected chi connectivity index (χ0v) is 11.3. The number of nitrogens with one attached hydrogen (secondary N) is 1. The fourth-order valence-electron chi connectivity index (χ4n) is 1.54. The summed E-state index contributed by atoms with van der Waals surface area (Å²) in [7, 11) is 0. The van der Waals surface area contributed by atoms with E-state index in [1.165, 1.54) is 0 Å². The summed E-state index contributed by atoms with van der Waals surface area (Å²) in [4.78, 5) is 11.8. The molecule has 2 aromatic rings. The number of benzene rings is 1. The van der Waals surface area contributed by atoms with Crippen molar-refractivity contribution in [2.45, 2.75) is 26.2 Å². The normalized spacial score (nSPS) is 11.4. The Hall–Kier alpha value is -2.24. The second-order valence-corrected chi connectivity index (χ2v) is 5.40. The first kappa shape index (κ1) is 14.2. The molecule has 106 valence electrons. The highest BCUT2D eigenvalue weighted by atomic mass is 19.1. The molecule has 1 aromatic carbocycles. The summed E-state index contributed by atoms with van der Waals surface area (Å²) >= 11 is 0. The molecule has 0 unspecified atom stereocenters. The van der Waals surface area contributed by atoms with Crippen LogP contribution in [0.1, 0.15) is 36.9 Å². The second kappa shape index (κ2) is 5.03. The van der Waals surface area contributed by atoms with Crippen molar-refractivity contribution in [1.82, 2.24) is 5.16 Å². The maximum Gasteiger partial charge on any atom is 0.259 e. The number of aromatic nitrogens is 1. The monoisotopic (exact) mass is 280 g/mol. The van der Waals surface area contributed by atoms with Gasteiger partial charge in [-0.15, -0.1) is 0 Å². The number of anilines is 1. The van der Waals surface area contributed by atoms with E-state index in [1.54, 1.807) is 6.07 Å². The molecule has 4 nitrogen and oxygen atoms in total. The van der Waals surface area contributed by atoms with Crippen molar-refractivity contribution in [3.63, 3.8) is 0 Å². The molecule has 1 amide bonds. The summed E-state index contributed by atoms with van der Waals surface area (Å²) in [6.45, 7) is 5.77. The minimum Gasteiger partial charge on any atom is -0.359 e. The highest BCUT2D eigenvalue weighted by Gasteiger charge is 2.21. The average Bonchev–Trinajstić information content (AvgIpc) is 2.80. The predicted octanol–water partition coefficient (Wildman–Crippen LogP) is 3.50. The minimum atomic E-state index is -0.802. The van der Waals surface area contributed by atoms with E-state index >= 15 is 0 Å². The Morgan fingerprint density at radius 3 is 2.55 bits per heavy atom. The van der Waals surface area contributed by atoms with Crippen LogP contribution in [0.5, 0.6) is 0 Å². The molecule has 0 aliphatic heterocycles. The maximum absolute atomic E-state index is 13.4. The topological polar surface area (TPSA) is 55.1 Å². The third-order valence-corrected chi connectivity index (χ3v) is 2.66. The fourth-order valence-corrected chi connectivity index (χ4v) is 1.54. The summed E-state index contributed by atoms with van der Waals surface area (Å²) in [6, 6.07) is 4.22. The lowest BCUT2D eigenvalue weighted by Crippen LogP contribution is -2.14. The standard InChI is InChI=1S/C14H14F2N2O2/c1-14(2,3)11-7-12(18-20-11)17-13(19)9-6-8(15)4-5-10(9)16/h4-7H,1-3H3,(H,17,18,19). The van der Waals surface area contributed by atoms with Crippen molar-refractivity contribution in [2.24, 2.45) is 0 Å². The average molecular weight is 280 g/mol.